The molecular formula is C33H47O3Si2. The van der Waals surface area contributed by atoms with Crippen molar-refractivity contribution >= 4 is 17.6 Å². The molecule has 0 aliphatic rings. The molecule has 38 heavy (non-hydrogen) atoms. The second kappa shape index (κ2) is 13.9. The molecule has 0 N–H and O–H groups in total. The van der Waals surface area contributed by atoms with Crippen LogP contribution in [0.5, 0.6) is 0 Å². The van der Waals surface area contributed by atoms with Crippen LogP contribution in [0, 0.1) is 0 Å². The average Bonchev–Trinajstić information content (AvgIpc) is 2.91. The summed E-state index contributed by atoms with van der Waals surface area (Å²) in [7, 11) is -3.53. The summed E-state index contributed by atoms with van der Waals surface area (Å²) in [6, 6.07) is 31.6. The van der Waals surface area contributed by atoms with E-state index in [2.05, 4.69) is 146 Å². The van der Waals surface area contributed by atoms with Gasteiger partial charge in [-0.2, -0.15) is 0 Å². The smallest absolute Gasteiger partial charge is 0.333 e. The highest BCUT2D eigenvalue weighted by molar-refractivity contribution is 6.78. The van der Waals surface area contributed by atoms with Crippen LogP contribution in [0.25, 0.3) is 0 Å². The van der Waals surface area contributed by atoms with Gasteiger partial charge in [-0.25, -0.2) is 0 Å². The van der Waals surface area contributed by atoms with Gasteiger partial charge in [0, 0.05) is 0 Å². The predicted octanol–water partition coefficient (Wildman–Crippen LogP) is 9.10. The fourth-order valence-corrected chi connectivity index (χ4v) is 14.7. The van der Waals surface area contributed by atoms with Gasteiger partial charge in [-0.3, -0.25) is 0 Å². The zero-order chi connectivity index (χ0) is 27.8. The summed E-state index contributed by atoms with van der Waals surface area (Å²) in [4.78, 5) is 0. The van der Waals surface area contributed by atoms with E-state index < -0.39 is 23.2 Å². The maximum Gasteiger partial charge on any atom is 0.333 e. The SMILES string of the molecule is CC(C)[Si](O[Si](OCCOC(c1ccccc1)(c1ccccc1)c1ccccc1)(C(C)C)C(C)C)C(C)C. The van der Waals surface area contributed by atoms with E-state index in [9.17, 15) is 0 Å². The second-order valence-corrected chi connectivity index (χ2v) is 19.3. The van der Waals surface area contributed by atoms with E-state index in [1.807, 2.05) is 0 Å². The van der Waals surface area contributed by atoms with Gasteiger partial charge >= 0.3 is 8.56 Å². The third-order valence-electron chi connectivity index (χ3n) is 7.30. The van der Waals surface area contributed by atoms with Crippen molar-refractivity contribution < 1.29 is 13.3 Å². The lowest BCUT2D eigenvalue weighted by atomic mass is 9.80. The van der Waals surface area contributed by atoms with Gasteiger partial charge in [0.25, 0.3) is 0 Å². The number of ether oxygens (including phenoxy) is 1. The summed E-state index contributed by atoms with van der Waals surface area (Å²) in [6.45, 7) is 19.2. The van der Waals surface area contributed by atoms with Gasteiger partial charge < -0.3 is 13.3 Å². The molecular weight excluding hydrogens is 501 g/mol. The highest BCUT2D eigenvalue weighted by Crippen LogP contribution is 2.41. The quantitative estimate of drug-likeness (QED) is 0.114. The van der Waals surface area contributed by atoms with Crippen LogP contribution in [0.2, 0.25) is 22.2 Å². The third-order valence-corrected chi connectivity index (χ3v) is 15.7. The molecule has 5 heteroatoms. The standard InChI is InChI=1S/C33H47O3Si2/c1-26(2)37(27(3)4)36-38(28(5)6,29(7)8)35-25-24-34-33(30-18-12-9-13-19-30,31-20-14-10-15-21-31)32-22-16-11-17-23-32/h9-23,26-29H,24-25H2,1-8H3. The van der Waals surface area contributed by atoms with Crippen LogP contribution in [-0.4, -0.2) is 30.8 Å². The van der Waals surface area contributed by atoms with Gasteiger partial charge in [-0.15, -0.1) is 0 Å². The average molecular weight is 548 g/mol. The van der Waals surface area contributed by atoms with E-state index in [4.69, 9.17) is 13.3 Å². The number of benzene rings is 3. The molecule has 3 aromatic carbocycles. The summed E-state index contributed by atoms with van der Waals surface area (Å²) >= 11 is 0. The highest BCUT2D eigenvalue weighted by Gasteiger charge is 2.48. The van der Waals surface area contributed by atoms with Crippen LogP contribution in [0.4, 0.5) is 0 Å². The van der Waals surface area contributed by atoms with Crippen LogP contribution in [0.1, 0.15) is 72.1 Å². The number of hydrogen-bond acceptors (Lipinski definition) is 3. The summed E-state index contributed by atoms with van der Waals surface area (Å²) < 4.78 is 21.0. The van der Waals surface area contributed by atoms with Crippen LogP contribution < -0.4 is 0 Å². The molecule has 0 aromatic heterocycles. The molecule has 0 aliphatic carbocycles. The predicted molar refractivity (Wildman–Crippen MR) is 164 cm³/mol. The summed E-state index contributed by atoms with van der Waals surface area (Å²) in [5.41, 5.74) is 4.35. The van der Waals surface area contributed by atoms with E-state index in [1.54, 1.807) is 0 Å². The summed E-state index contributed by atoms with van der Waals surface area (Å²) in [6.07, 6.45) is 0. The first-order valence-corrected chi connectivity index (χ1v) is 17.7. The Bertz CT molecular complexity index is 957. The van der Waals surface area contributed by atoms with E-state index in [1.165, 1.54) is 0 Å². The van der Waals surface area contributed by atoms with Gasteiger partial charge in [0.1, 0.15) is 5.60 Å². The summed E-state index contributed by atoms with van der Waals surface area (Å²) in [5.74, 6) is 0. The maximum absolute atomic E-state index is 7.13. The van der Waals surface area contributed by atoms with Gasteiger partial charge in [0.2, 0.25) is 9.04 Å². The molecule has 0 atom stereocenters. The Balaban J connectivity index is 1.95. The molecule has 0 spiro atoms. The molecule has 3 aromatic rings. The Morgan fingerprint density at radius 3 is 1.26 bits per heavy atom. The molecule has 0 saturated heterocycles. The Labute approximate surface area is 234 Å². The van der Waals surface area contributed by atoms with Crippen LogP contribution in [0.15, 0.2) is 91.0 Å². The first kappa shape index (κ1) is 30.5. The van der Waals surface area contributed by atoms with Crippen molar-refractivity contribution in [2.45, 2.75) is 83.2 Å². The Hall–Kier alpha value is -2.03. The highest BCUT2D eigenvalue weighted by atomic mass is 28.4. The minimum atomic E-state index is -2.51. The van der Waals surface area contributed by atoms with Crippen molar-refractivity contribution in [2.75, 3.05) is 13.2 Å². The molecule has 3 rings (SSSR count). The minimum Gasteiger partial charge on any atom is -0.435 e. The van der Waals surface area contributed by atoms with Gasteiger partial charge in [0.15, 0.2) is 0 Å². The van der Waals surface area contributed by atoms with Crippen LogP contribution >= 0.6 is 0 Å². The number of rotatable bonds is 14. The lowest BCUT2D eigenvalue weighted by Crippen LogP contribution is -2.53. The Kier molecular flexibility index (Phi) is 11.1. The molecule has 0 aliphatic heterocycles. The zero-order valence-electron chi connectivity index (χ0n) is 24.6. The van der Waals surface area contributed by atoms with E-state index in [0.717, 1.165) is 16.7 Å². The van der Waals surface area contributed by atoms with Gasteiger partial charge in [0.05, 0.1) is 13.2 Å². The molecule has 205 valence electrons. The van der Waals surface area contributed by atoms with Crippen molar-refractivity contribution in [3.63, 3.8) is 0 Å². The largest absolute Gasteiger partial charge is 0.435 e. The number of hydrogen-bond donors (Lipinski definition) is 0. The lowest BCUT2D eigenvalue weighted by molar-refractivity contribution is -0.00768. The Morgan fingerprint density at radius 2 is 0.947 bits per heavy atom. The van der Waals surface area contributed by atoms with E-state index >= 15 is 0 Å². The topological polar surface area (TPSA) is 27.7 Å². The van der Waals surface area contributed by atoms with E-state index in [-0.39, 0.29) is 0 Å². The molecule has 0 unspecified atom stereocenters. The van der Waals surface area contributed by atoms with Crippen molar-refractivity contribution in [1.29, 1.82) is 0 Å². The fourth-order valence-electron chi connectivity index (χ4n) is 5.52. The Morgan fingerprint density at radius 1 is 0.579 bits per heavy atom. The normalized spacial score (nSPS) is 12.9. The maximum atomic E-state index is 7.13. The summed E-state index contributed by atoms with van der Waals surface area (Å²) in [5, 5.41) is 0. The molecule has 3 nitrogen and oxygen atoms in total. The molecule has 0 bridgehead atoms. The zero-order valence-corrected chi connectivity index (χ0v) is 26.6. The van der Waals surface area contributed by atoms with Gasteiger partial charge in [-0.1, -0.05) is 146 Å². The van der Waals surface area contributed by atoms with Gasteiger partial charge in [-0.05, 0) is 38.9 Å². The lowest BCUT2D eigenvalue weighted by Gasteiger charge is -2.42. The van der Waals surface area contributed by atoms with Crippen molar-refractivity contribution in [3.05, 3.63) is 108 Å². The molecule has 0 fully saturated rings. The molecule has 1 radical (unpaired) electrons. The first-order chi connectivity index (χ1) is 18.1. The minimum absolute atomic E-state index is 0.349. The van der Waals surface area contributed by atoms with Crippen molar-refractivity contribution in [3.8, 4) is 0 Å². The molecule has 0 amide bonds. The fraction of sp³-hybridized carbons (Fsp3) is 0.455. The van der Waals surface area contributed by atoms with E-state index in [0.29, 0.717) is 35.4 Å². The first-order valence-electron chi connectivity index (χ1n) is 14.1. The molecule has 0 heterocycles. The second-order valence-electron chi connectivity index (χ2n) is 11.3. The van der Waals surface area contributed by atoms with Crippen molar-refractivity contribution in [2.24, 2.45) is 0 Å². The third kappa shape index (κ3) is 6.75. The molecule has 0 saturated carbocycles. The van der Waals surface area contributed by atoms with Crippen LogP contribution in [-0.2, 0) is 18.9 Å². The monoisotopic (exact) mass is 547 g/mol. The van der Waals surface area contributed by atoms with Crippen LogP contribution in [0.3, 0.4) is 0 Å². The van der Waals surface area contributed by atoms with Crippen molar-refractivity contribution in [1.82, 2.24) is 0 Å².